The molecule has 0 unspecified atom stereocenters. The summed E-state index contributed by atoms with van der Waals surface area (Å²) in [5, 5.41) is 0. The number of nitrogen functional groups attached to an aromatic ring is 1. The lowest BCUT2D eigenvalue weighted by molar-refractivity contribution is 0.415. The van der Waals surface area contributed by atoms with E-state index in [1.807, 2.05) is 18.2 Å². The van der Waals surface area contributed by atoms with E-state index in [2.05, 4.69) is 31.9 Å². The highest BCUT2D eigenvalue weighted by atomic mass is 16.5. The molecule has 1 fully saturated rings. The highest BCUT2D eigenvalue weighted by Gasteiger charge is 2.18. The first kappa shape index (κ1) is 13.5. The predicted octanol–water partition coefficient (Wildman–Crippen LogP) is 1.39. The number of hydrogen-bond donors (Lipinski definition) is 1. The van der Waals surface area contributed by atoms with Gasteiger partial charge in [-0.05, 0) is 30.3 Å². The highest BCUT2D eigenvalue weighted by molar-refractivity contribution is 5.51. The SMILES string of the molecule is COc1ccc(N2CCN(c3ccnc(N)n3)CC2)cc1. The molecule has 0 aliphatic carbocycles. The molecular formula is C15H19N5O. The zero-order valence-corrected chi connectivity index (χ0v) is 12.1. The molecule has 1 saturated heterocycles. The van der Waals surface area contributed by atoms with Crippen LogP contribution in [-0.2, 0) is 0 Å². The van der Waals surface area contributed by atoms with Gasteiger partial charge in [0.05, 0.1) is 7.11 Å². The summed E-state index contributed by atoms with van der Waals surface area (Å²) in [6.45, 7) is 3.75. The van der Waals surface area contributed by atoms with E-state index in [4.69, 9.17) is 10.5 Å². The van der Waals surface area contributed by atoms with Crippen molar-refractivity contribution in [3.63, 3.8) is 0 Å². The molecule has 2 heterocycles. The summed E-state index contributed by atoms with van der Waals surface area (Å²) in [6, 6.07) is 10.1. The Kier molecular flexibility index (Phi) is 3.77. The maximum atomic E-state index is 5.64. The Hall–Kier alpha value is -2.50. The first-order chi connectivity index (χ1) is 10.3. The average Bonchev–Trinajstić information content (AvgIpc) is 2.55. The van der Waals surface area contributed by atoms with Crippen LogP contribution in [-0.4, -0.2) is 43.3 Å². The molecule has 110 valence electrons. The van der Waals surface area contributed by atoms with Crippen LogP contribution in [0.15, 0.2) is 36.5 Å². The maximum Gasteiger partial charge on any atom is 0.221 e. The maximum absolute atomic E-state index is 5.64. The summed E-state index contributed by atoms with van der Waals surface area (Å²) in [7, 11) is 1.68. The smallest absolute Gasteiger partial charge is 0.221 e. The van der Waals surface area contributed by atoms with E-state index in [1.165, 1.54) is 5.69 Å². The lowest BCUT2D eigenvalue weighted by Gasteiger charge is -2.36. The van der Waals surface area contributed by atoms with Crippen LogP contribution in [0.4, 0.5) is 17.5 Å². The number of ether oxygens (including phenoxy) is 1. The van der Waals surface area contributed by atoms with Crippen LogP contribution in [0.3, 0.4) is 0 Å². The lowest BCUT2D eigenvalue weighted by atomic mass is 10.2. The molecule has 0 bridgehead atoms. The summed E-state index contributed by atoms with van der Waals surface area (Å²) < 4.78 is 5.19. The molecule has 6 nitrogen and oxygen atoms in total. The number of nitrogens with zero attached hydrogens (tertiary/aromatic N) is 4. The molecule has 1 aliphatic rings. The fraction of sp³-hybridized carbons (Fsp3) is 0.333. The van der Waals surface area contributed by atoms with Gasteiger partial charge in [-0.2, -0.15) is 4.98 Å². The van der Waals surface area contributed by atoms with Crippen LogP contribution in [0.2, 0.25) is 0 Å². The third kappa shape index (κ3) is 2.99. The Morgan fingerprint density at radius 1 is 1.00 bits per heavy atom. The normalized spacial score (nSPS) is 15.1. The van der Waals surface area contributed by atoms with Crippen molar-refractivity contribution < 1.29 is 4.74 Å². The summed E-state index contributed by atoms with van der Waals surface area (Å²) in [5.41, 5.74) is 6.86. The fourth-order valence-electron chi connectivity index (χ4n) is 2.53. The summed E-state index contributed by atoms with van der Waals surface area (Å²) in [5.74, 6) is 2.11. The van der Waals surface area contributed by atoms with Gasteiger partial charge in [-0.3, -0.25) is 0 Å². The van der Waals surface area contributed by atoms with Crippen LogP contribution in [0.25, 0.3) is 0 Å². The van der Waals surface area contributed by atoms with Gasteiger partial charge >= 0.3 is 0 Å². The molecule has 0 spiro atoms. The van der Waals surface area contributed by atoms with E-state index in [0.29, 0.717) is 5.95 Å². The molecule has 0 amide bonds. The van der Waals surface area contributed by atoms with Gasteiger partial charge in [0.1, 0.15) is 11.6 Å². The molecule has 2 aromatic rings. The predicted molar refractivity (Wildman–Crippen MR) is 83.9 cm³/mol. The van der Waals surface area contributed by atoms with E-state index < -0.39 is 0 Å². The standard InChI is InChI=1S/C15H19N5O/c1-21-13-4-2-12(3-5-13)19-8-10-20(11-9-19)14-6-7-17-15(16)18-14/h2-7H,8-11H2,1H3,(H2,16,17,18). The van der Waals surface area contributed by atoms with Crippen molar-refractivity contribution in [2.24, 2.45) is 0 Å². The second kappa shape index (κ2) is 5.87. The van der Waals surface area contributed by atoms with Crippen molar-refractivity contribution in [3.05, 3.63) is 36.5 Å². The number of rotatable bonds is 3. The van der Waals surface area contributed by atoms with Gasteiger partial charge in [-0.25, -0.2) is 4.98 Å². The molecule has 0 atom stereocenters. The molecule has 3 rings (SSSR count). The van der Waals surface area contributed by atoms with Crippen LogP contribution in [0.1, 0.15) is 0 Å². The van der Waals surface area contributed by atoms with E-state index in [1.54, 1.807) is 13.3 Å². The van der Waals surface area contributed by atoms with Gasteiger partial charge in [0.2, 0.25) is 5.95 Å². The van der Waals surface area contributed by atoms with Crippen molar-refractivity contribution in [2.75, 3.05) is 48.8 Å². The minimum Gasteiger partial charge on any atom is -0.497 e. The van der Waals surface area contributed by atoms with Crippen LogP contribution >= 0.6 is 0 Å². The second-order valence-electron chi connectivity index (χ2n) is 4.95. The lowest BCUT2D eigenvalue weighted by Crippen LogP contribution is -2.46. The van der Waals surface area contributed by atoms with Gasteiger partial charge < -0.3 is 20.3 Å². The first-order valence-corrected chi connectivity index (χ1v) is 6.99. The van der Waals surface area contributed by atoms with Crippen molar-refractivity contribution >= 4 is 17.5 Å². The Morgan fingerprint density at radius 2 is 1.67 bits per heavy atom. The van der Waals surface area contributed by atoms with Crippen molar-refractivity contribution in [1.29, 1.82) is 0 Å². The number of anilines is 3. The summed E-state index contributed by atoms with van der Waals surface area (Å²) >= 11 is 0. The van der Waals surface area contributed by atoms with Gasteiger partial charge in [0.15, 0.2) is 0 Å². The fourth-order valence-corrected chi connectivity index (χ4v) is 2.53. The monoisotopic (exact) mass is 285 g/mol. The number of nitrogens with two attached hydrogens (primary N) is 1. The summed E-state index contributed by atoms with van der Waals surface area (Å²) in [4.78, 5) is 12.8. The number of benzene rings is 1. The van der Waals surface area contributed by atoms with Crippen LogP contribution in [0, 0.1) is 0 Å². The topological polar surface area (TPSA) is 67.5 Å². The molecule has 1 aromatic carbocycles. The van der Waals surface area contributed by atoms with Gasteiger partial charge in [0.25, 0.3) is 0 Å². The second-order valence-corrected chi connectivity index (χ2v) is 4.95. The number of piperazine rings is 1. The van der Waals surface area contributed by atoms with Crippen LogP contribution in [0.5, 0.6) is 5.75 Å². The largest absolute Gasteiger partial charge is 0.497 e. The van der Waals surface area contributed by atoms with E-state index in [-0.39, 0.29) is 0 Å². The molecule has 21 heavy (non-hydrogen) atoms. The summed E-state index contributed by atoms with van der Waals surface area (Å²) in [6.07, 6.45) is 1.70. The van der Waals surface area contributed by atoms with Gasteiger partial charge in [0, 0.05) is 38.1 Å². The number of aromatic nitrogens is 2. The molecule has 0 saturated carbocycles. The minimum absolute atomic E-state index is 0.324. The Balaban J connectivity index is 1.64. The highest BCUT2D eigenvalue weighted by Crippen LogP contribution is 2.22. The molecule has 0 radical (unpaired) electrons. The third-order valence-electron chi connectivity index (χ3n) is 3.70. The van der Waals surface area contributed by atoms with E-state index in [0.717, 1.165) is 37.7 Å². The Labute approximate surface area is 124 Å². The average molecular weight is 285 g/mol. The molecular weight excluding hydrogens is 266 g/mol. The zero-order valence-electron chi connectivity index (χ0n) is 12.1. The molecule has 1 aliphatic heterocycles. The van der Waals surface area contributed by atoms with Crippen LogP contribution < -0.4 is 20.3 Å². The Bertz CT molecular complexity index is 593. The third-order valence-corrected chi connectivity index (χ3v) is 3.70. The first-order valence-electron chi connectivity index (χ1n) is 6.99. The zero-order chi connectivity index (χ0) is 14.7. The number of methoxy groups -OCH3 is 1. The van der Waals surface area contributed by atoms with E-state index >= 15 is 0 Å². The molecule has 1 aromatic heterocycles. The van der Waals surface area contributed by atoms with Crippen molar-refractivity contribution in [3.8, 4) is 5.75 Å². The van der Waals surface area contributed by atoms with Crippen molar-refractivity contribution in [1.82, 2.24) is 9.97 Å². The van der Waals surface area contributed by atoms with Crippen molar-refractivity contribution in [2.45, 2.75) is 0 Å². The quantitative estimate of drug-likeness (QED) is 0.919. The Morgan fingerprint density at radius 3 is 2.29 bits per heavy atom. The van der Waals surface area contributed by atoms with Gasteiger partial charge in [-0.1, -0.05) is 0 Å². The van der Waals surface area contributed by atoms with E-state index in [9.17, 15) is 0 Å². The molecule has 6 heteroatoms. The molecule has 2 N–H and O–H groups in total. The number of hydrogen-bond acceptors (Lipinski definition) is 6. The van der Waals surface area contributed by atoms with Gasteiger partial charge in [-0.15, -0.1) is 0 Å². The minimum atomic E-state index is 0.324.